The molecule has 0 saturated carbocycles. The first-order chi connectivity index (χ1) is 14.3. The topological polar surface area (TPSA) is 103 Å². The molecule has 0 spiro atoms. The summed E-state index contributed by atoms with van der Waals surface area (Å²) >= 11 is 0. The summed E-state index contributed by atoms with van der Waals surface area (Å²) in [5.41, 5.74) is 2.68. The molecule has 0 aliphatic rings. The van der Waals surface area contributed by atoms with Crippen LogP contribution < -0.4 is 15.4 Å². The normalized spacial score (nSPS) is 13.3. The van der Waals surface area contributed by atoms with Crippen molar-refractivity contribution in [2.45, 2.75) is 38.1 Å². The number of sulfonamides is 1. The molecule has 0 saturated heterocycles. The zero-order valence-corrected chi connectivity index (χ0v) is 18.6. The summed E-state index contributed by atoms with van der Waals surface area (Å²) in [7, 11) is -1.73. The van der Waals surface area contributed by atoms with Gasteiger partial charge in [0.05, 0.1) is 12.4 Å². The molecule has 2 aromatic rings. The van der Waals surface area contributed by atoms with Crippen LogP contribution in [-0.2, 0) is 22.3 Å². The van der Waals surface area contributed by atoms with Gasteiger partial charge in [-0.15, -0.1) is 0 Å². The van der Waals surface area contributed by atoms with Gasteiger partial charge in [-0.2, -0.15) is 0 Å². The monoisotopic (exact) mass is 432 g/mol. The van der Waals surface area contributed by atoms with Crippen molar-refractivity contribution in [2.24, 2.45) is 4.99 Å². The highest BCUT2D eigenvalue weighted by molar-refractivity contribution is 7.88. The molecule has 164 valence electrons. The summed E-state index contributed by atoms with van der Waals surface area (Å²) in [5.74, 6) is 0.460. The van der Waals surface area contributed by atoms with Crippen molar-refractivity contribution >= 4 is 16.0 Å². The van der Waals surface area contributed by atoms with Crippen molar-refractivity contribution in [3.8, 4) is 0 Å². The maximum absolute atomic E-state index is 12.3. The lowest BCUT2D eigenvalue weighted by molar-refractivity contribution is 0.265. The number of nitrogens with zero attached hydrogens (tertiary/aromatic N) is 1. The van der Waals surface area contributed by atoms with Crippen LogP contribution in [0.25, 0.3) is 0 Å². The molecule has 0 aliphatic carbocycles. The van der Waals surface area contributed by atoms with Crippen molar-refractivity contribution in [3.63, 3.8) is 0 Å². The van der Waals surface area contributed by atoms with Gasteiger partial charge in [0.1, 0.15) is 0 Å². The zero-order valence-electron chi connectivity index (χ0n) is 17.8. The van der Waals surface area contributed by atoms with Crippen LogP contribution in [0.3, 0.4) is 0 Å². The van der Waals surface area contributed by atoms with E-state index in [2.05, 4.69) is 20.3 Å². The summed E-state index contributed by atoms with van der Waals surface area (Å²) in [6.45, 7) is 4.58. The Morgan fingerprint density at radius 2 is 1.63 bits per heavy atom. The molecule has 1 unspecified atom stereocenters. The molecular weight excluding hydrogens is 400 g/mol. The fourth-order valence-corrected chi connectivity index (χ4v) is 4.60. The Bertz CT molecular complexity index is 915. The predicted molar refractivity (Wildman–Crippen MR) is 122 cm³/mol. The Morgan fingerprint density at radius 1 is 1.00 bits per heavy atom. The summed E-state index contributed by atoms with van der Waals surface area (Å²) < 4.78 is 27.2. The molecule has 0 radical (unpaired) electrons. The molecule has 0 heterocycles. The highest BCUT2D eigenvalue weighted by Gasteiger charge is 2.16. The zero-order chi connectivity index (χ0) is 22.0. The summed E-state index contributed by atoms with van der Waals surface area (Å²) in [4.78, 5) is 4.23. The Kier molecular flexibility index (Phi) is 9.29. The fourth-order valence-electron chi connectivity index (χ4n) is 3.11. The summed E-state index contributed by atoms with van der Waals surface area (Å²) in [5, 5.41) is 16.2. The Labute approximate surface area is 179 Å². The Morgan fingerprint density at radius 3 is 2.23 bits per heavy atom. The van der Waals surface area contributed by atoms with Crippen molar-refractivity contribution in [1.82, 2.24) is 15.4 Å². The van der Waals surface area contributed by atoms with Crippen molar-refractivity contribution < 1.29 is 13.5 Å². The predicted octanol–water partition coefficient (Wildman–Crippen LogP) is 1.96. The van der Waals surface area contributed by atoms with Crippen LogP contribution in [-0.4, -0.2) is 45.7 Å². The number of aliphatic hydroxyl groups is 1. The van der Waals surface area contributed by atoms with E-state index in [0.717, 1.165) is 16.7 Å². The largest absolute Gasteiger partial charge is 0.396 e. The van der Waals surface area contributed by atoms with Gasteiger partial charge in [0.25, 0.3) is 0 Å². The lowest BCUT2D eigenvalue weighted by Crippen LogP contribution is -2.39. The molecule has 0 bridgehead atoms. The smallest absolute Gasteiger partial charge is 0.216 e. The first kappa shape index (κ1) is 23.9. The number of hydrogen-bond acceptors (Lipinski definition) is 4. The highest BCUT2D eigenvalue weighted by atomic mass is 32.2. The number of aliphatic imine (C=N–C) groups is 1. The van der Waals surface area contributed by atoms with Gasteiger partial charge in [-0.3, -0.25) is 4.99 Å². The van der Waals surface area contributed by atoms with Crippen LogP contribution in [0.1, 0.15) is 36.5 Å². The molecule has 1 atom stereocenters. The maximum Gasteiger partial charge on any atom is 0.216 e. The second-order valence-corrected chi connectivity index (χ2v) is 9.15. The molecule has 30 heavy (non-hydrogen) atoms. The van der Waals surface area contributed by atoms with Gasteiger partial charge in [0, 0.05) is 32.1 Å². The van der Waals surface area contributed by atoms with E-state index in [1.54, 1.807) is 20.9 Å². The summed E-state index contributed by atoms with van der Waals surface area (Å²) in [6.07, 6.45) is 0. The number of hydrogen-bond donors (Lipinski definition) is 4. The first-order valence-electron chi connectivity index (χ1n) is 10.0. The van der Waals surface area contributed by atoms with Gasteiger partial charge < -0.3 is 15.7 Å². The van der Waals surface area contributed by atoms with Gasteiger partial charge in [-0.25, -0.2) is 13.1 Å². The molecule has 4 N–H and O–H groups in total. The second-order valence-electron chi connectivity index (χ2n) is 7.40. The van der Waals surface area contributed by atoms with Gasteiger partial charge in [0.15, 0.2) is 5.96 Å². The average molecular weight is 433 g/mol. The summed E-state index contributed by atoms with van der Waals surface area (Å²) in [6, 6.07) is 17.1. The van der Waals surface area contributed by atoms with Crippen molar-refractivity contribution in [2.75, 3.05) is 20.2 Å². The quantitative estimate of drug-likeness (QED) is 0.339. The van der Waals surface area contributed by atoms with Crippen LogP contribution in [0.15, 0.2) is 59.6 Å². The van der Waals surface area contributed by atoms with Gasteiger partial charge in [-0.05, 0) is 30.5 Å². The number of rotatable bonds is 10. The third kappa shape index (κ3) is 7.78. The van der Waals surface area contributed by atoms with Gasteiger partial charge in [-0.1, -0.05) is 54.6 Å². The number of benzene rings is 2. The lowest BCUT2D eigenvalue weighted by Gasteiger charge is -2.19. The third-order valence-corrected chi connectivity index (χ3v) is 6.08. The SMILES string of the molecule is CN=C(NCc1ccccc1CS(=O)(=O)NC(C)C)NCC(CO)c1ccccc1. The van der Waals surface area contributed by atoms with Crippen LogP contribution >= 0.6 is 0 Å². The van der Waals surface area contributed by atoms with Crippen LogP contribution in [0.5, 0.6) is 0 Å². The minimum absolute atomic E-state index is 0.0253. The van der Waals surface area contributed by atoms with E-state index in [1.165, 1.54) is 0 Å². The van der Waals surface area contributed by atoms with Crippen LogP contribution in [0, 0.1) is 0 Å². The van der Waals surface area contributed by atoms with Crippen LogP contribution in [0.4, 0.5) is 0 Å². The molecule has 7 nitrogen and oxygen atoms in total. The van der Waals surface area contributed by atoms with Crippen molar-refractivity contribution in [3.05, 3.63) is 71.3 Å². The standard InChI is InChI=1S/C22H32N4O3S/c1-17(2)26-30(28,29)16-20-12-8-7-11-19(20)13-24-22(23-3)25-14-21(15-27)18-9-5-4-6-10-18/h4-12,17,21,26-27H,13-16H2,1-3H3,(H2,23,24,25). The van der Waals surface area contributed by atoms with E-state index in [0.29, 0.717) is 19.0 Å². The van der Waals surface area contributed by atoms with E-state index in [4.69, 9.17) is 0 Å². The molecular formula is C22H32N4O3S. The fraction of sp³-hybridized carbons (Fsp3) is 0.409. The first-order valence-corrected chi connectivity index (χ1v) is 11.7. The molecule has 2 aromatic carbocycles. The van der Waals surface area contributed by atoms with E-state index in [1.807, 2.05) is 54.6 Å². The molecule has 8 heteroatoms. The Balaban J connectivity index is 1.98. The molecule has 2 rings (SSSR count). The third-order valence-electron chi connectivity index (χ3n) is 4.56. The van der Waals surface area contributed by atoms with E-state index in [9.17, 15) is 13.5 Å². The maximum atomic E-state index is 12.3. The van der Waals surface area contributed by atoms with Crippen molar-refractivity contribution in [1.29, 1.82) is 0 Å². The second kappa shape index (κ2) is 11.7. The number of nitrogens with one attached hydrogen (secondary N) is 3. The number of guanidine groups is 1. The molecule has 0 amide bonds. The molecule has 0 fully saturated rings. The molecule has 0 aromatic heterocycles. The minimum Gasteiger partial charge on any atom is -0.396 e. The van der Waals surface area contributed by atoms with E-state index >= 15 is 0 Å². The number of aliphatic hydroxyl groups excluding tert-OH is 1. The minimum atomic E-state index is -3.41. The Hall–Kier alpha value is -2.42. The van der Waals surface area contributed by atoms with Crippen LogP contribution in [0.2, 0.25) is 0 Å². The molecule has 0 aliphatic heterocycles. The highest BCUT2D eigenvalue weighted by Crippen LogP contribution is 2.14. The van der Waals surface area contributed by atoms with Gasteiger partial charge in [0.2, 0.25) is 10.0 Å². The van der Waals surface area contributed by atoms with E-state index in [-0.39, 0.29) is 24.3 Å². The van der Waals surface area contributed by atoms with Gasteiger partial charge >= 0.3 is 0 Å². The van der Waals surface area contributed by atoms with E-state index < -0.39 is 10.0 Å². The average Bonchev–Trinajstić information content (AvgIpc) is 2.71. The lowest BCUT2D eigenvalue weighted by atomic mass is 10.0.